The molecule has 0 aliphatic heterocycles. The van der Waals surface area contributed by atoms with Gasteiger partial charge in [0.05, 0.1) is 6.54 Å². The number of ether oxygens (including phenoxy) is 1. The summed E-state index contributed by atoms with van der Waals surface area (Å²) < 4.78 is 18.8. The van der Waals surface area contributed by atoms with Crippen LogP contribution in [0.4, 0.5) is 4.39 Å². The standard InChI is InChI=1S/C14H14FN3O4/c1-18-13(20)11(8-17-14(18)21)12(19)16-6-7-22-10-4-2-9(15)3-5-10/h2-5,8H,6-7H2,1H3,(H,16,19)(H,17,21). The quantitative estimate of drug-likeness (QED) is 0.762. The van der Waals surface area contributed by atoms with Crippen LogP contribution in [0.3, 0.4) is 0 Å². The summed E-state index contributed by atoms with van der Waals surface area (Å²) in [6.07, 6.45) is 1.07. The first-order chi connectivity index (χ1) is 10.5. The normalized spacial score (nSPS) is 10.3. The van der Waals surface area contributed by atoms with Crippen LogP contribution in [-0.4, -0.2) is 28.6 Å². The van der Waals surface area contributed by atoms with Crippen molar-refractivity contribution < 1.29 is 13.9 Å². The fourth-order valence-electron chi connectivity index (χ4n) is 1.69. The van der Waals surface area contributed by atoms with Crippen LogP contribution in [0.2, 0.25) is 0 Å². The molecule has 1 heterocycles. The number of nitrogens with zero attached hydrogens (tertiary/aromatic N) is 1. The van der Waals surface area contributed by atoms with Gasteiger partial charge in [-0.05, 0) is 24.3 Å². The average Bonchev–Trinajstić information content (AvgIpc) is 2.51. The molecule has 0 fully saturated rings. The molecule has 0 radical (unpaired) electrons. The number of carbonyl (C=O) groups is 1. The Balaban J connectivity index is 1.88. The lowest BCUT2D eigenvalue weighted by Crippen LogP contribution is -2.39. The lowest BCUT2D eigenvalue weighted by molar-refractivity contribution is 0.0944. The number of amides is 1. The van der Waals surface area contributed by atoms with Gasteiger partial charge in [-0.1, -0.05) is 0 Å². The average molecular weight is 307 g/mol. The summed E-state index contributed by atoms with van der Waals surface area (Å²) in [5.41, 5.74) is -1.44. The van der Waals surface area contributed by atoms with E-state index in [4.69, 9.17) is 4.74 Å². The molecule has 7 nitrogen and oxygen atoms in total. The summed E-state index contributed by atoms with van der Waals surface area (Å²) in [6.45, 7) is 0.305. The monoisotopic (exact) mass is 307 g/mol. The van der Waals surface area contributed by atoms with E-state index in [1.165, 1.54) is 31.3 Å². The molecule has 0 unspecified atom stereocenters. The van der Waals surface area contributed by atoms with Crippen LogP contribution in [0, 0.1) is 5.82 Å². The minimum Gasteiger partial charge on any atom is -0.492 e. The van der Waals surface area contributed by atoms with Crippen molar-refractivity contribution in [3.63, 3.8) is 0 Å². The van der Waals surface area contributed by atoms with Crippen molar-refractivity contribution in [3.8, 4) is 5.75 Å². The van der Waals surface area contributed by atoms with Gasteiger partial charge in [0, 0.05) is 13.2 Å². The molecule has 2 N–H and O–H groups in total. The molecule has 0 atom stereocenters. The highest BCUT2D eigenvalue weighted by Crippen LogP contribution is 2.10. The number of hydrogen-bond acceptors (Lipinski definition) is 4. The van der Waals surface area contributed by atoms with Gasteiger partial charge in [-0.25, -0.2) is 9.18 Å². The number of benzene rings is 1. The van der Waals surface area contributed by atoms with E-state index in [-0.39, 0.29) is 24.5 Å². The summed E-state index contributed by atoms with van der Waals surface area (Å²) in [5, 5.41) is 2.49. The molecule has 0 spiro atoms. The van der Waals surface area contributed by atoms with Crippen LogP contribution in [0.15, 0.2) is 40.1 Å². The largest absolute Gasteiger partial charge is 0.492 e. The van der Waals surface area contributed by atoms with Gasteiger partial charge in [0.25, 0.3) is 11.5 Å². The third-order valence-electron chi connectivity index (χ3n) is 2.89. The maximum atomic E-state index is 12.7. The summed E-state index contributed by atoms with van der Waals surface area (Å²) in [7, 11) is 1.27. The van der Waals surface area contributed by atoms with E-state index in [0.29, 0.717) is 5.75 Å². The number of aromatic nitrogens is 2. The van der Waals surface area contributed by atoms with E-state index in [9.17, 15) is 18.8 Å². The zero-order valence-corrected chi connectivity index (χ0v) is 11.8. The Hall–Kier alpha value is -2.90. The molecule has 0 aliphatic carbocycles. The summed E-state index contributed by atoms with van der Waals surface area (Å²) in [5.74, 6) is -0.510. The number of carbonyl (C=O) groups excluding carboxylic acids is 1. The van der Waals surface area contributed by atoms with Crippen LogP contribution in [-0.2, 0) is 7.05 Å². The van der Waals surface area contributed by atoms with E-state index in [0.717, 1.165) is 10.8 Å². The van der Waals surface area contributed by atoms with Gasteiger partial charge < -0.3 is 15.0 Å². The number of rotatable bonds is 5. The fourth-order valence-corrected chi connectivity index (χ4v) is 1.69. The number of H-pyrrole nitrogens is 1. The maximum absolute atomic E-state index is 12.7. The second-order valence-corrected chi connectivity index (χ2v) is 4.43. The Kier molecular flexibility index (Phi) is 4.72. The first-order valence-corrected chi connectivity index (χ1v) is 6.44. The van der Waals surface area contributed by atoms with Crippen molar-refractivity contribution in [3.05, 3.63) is 62.7 Å². The highest BCUT2D eigenvalue weighted by atomic mass is 19.1. The van der Waals surface area contributed by atoms with Crippen LogP contribution in [0.1, 0.15) is 10.4 Å². The molecule has 22 heavy (non-hydrogen) atoms. The van der Waals surface area contributed by atoms with Crippen LogP contribution < -0.4 is 21.3 Å². The van der Waals surface area contributed by atoms with Gasteiger partial charge in [0.2, 0.25) is 0 Å². The van der Waals surface area contributed by atoms with Gasteiger partial charge in [-0.3, -0.25) is 14.2 Å². The number of aromatic amines is 1. The zero-order chi connectivity index (χ0) is 16.1. The van der Waals surface area contributed by atoms with Crippen molar-refractivity contribution >= 4 is 5.91 Å². The molecular weight excluding hydrogens is 293 g/mol. The third kappa shape index (κ3) is 3.60. The zero-order valence-electron chi connectivity index (χ0n) is 11.8. The Morgan fingerprint density at radius 1 is 1.32 bits per heavy atom. The number of hydrogen-bond donors (Lipinski definition) is 2. The smallest absolute Gasteiger partial charge is 0.328 e. The van der Waals surface area contributed by atoms with E-state index in [2.05, 4.69) is 10.3 Å². The van der Waals surface area contributed by atoms with Gasteiger partial charge in [-0.2, -0.15) is 0 Å². The van der Waals surface area contributed by atoms with Gasteiger partial charge in [0.1, 0.15) is 23.7 Å². The van der Waals surface area contributed by atoms with Crippen LogP contribution >= 0.6 is 0 Å². The fraction of sp³-hybridized carbons (Fsp3) is 0.214. The van der Waals surface area contributed by atoms with Gasteiger partial charge in [0.15, 0.2) is 0 Å². The van der Waals surface area contributed by atoms with Crippen LogP contribution in [0.25, 0.3) is 0 Å². The molecule has 116 valence electrons. The van der Waals surface area contributed by atoms with Crippen molar-refractivity contribution in [1.29, 1.82) is 0 Å². The lowest BCUT2D eigenvalue weighted by atomic mass is 10.3. The second-order valence-electron chi connectivity index (χ2n) is 4.43. The van der Waals surface area contributed by atoms with Crippen molar-refractivity contribution in [2.75, 3.05) is 13.2 Å². The Morgan fingerprint density at radius 2 is 2.00 bits per heavy atom. The Morgan fingerprint density at radius 3 is 2.68 bits per heavy atom. The first kappa shape index (κ1) is 15.5. The van der Waals surface area contributed by atoms with E-state index in [1.807, 2.05) is 0 Å². The molecule has 8 heteroatoms. The lowest BCUT2D eigenvalue weighted by Gasteiger charge is -2.07. The summed E-state index contributed by atoms with van der Waals surface area (Å²) in [6, 6.07) is 5.46. The molecule has 2 rings (SSSR count). The SMILES string of the molecule is Cn1c(=O)[nH]cc(C(=O)NCCOc2ccc(F)cc2)c1=O. The predicted octanol–water partition coefficient (Wildman–Crippen LogP) is 0.0215. The molecule has 0 saturated carbocycles. The Labute approximate surface area is 124 Å². The molecule has 2 aromatic rings. The van der Waals surface area contributed by atoms with Crippen LogP contribution in [0.5, 0.6) is 5.75 Å². The number of halogens is 1. The minimum atomic E-state index is -0.680. The van der Waals surface area contributed by atoms with Crippen molar-refractivity contribution in [2.24, 2.45) is 7.05 Å². The molecule has 1 aromatic carbocycles. The predicted molar refractivity (Wildman–Crippen MR) is 76.5 cm³/mol. The first-order valence-electron chi connectivity index (χ1n) is 6.44. The highest BCUT2D eigenvalue weighted by Gasteiger charge is 2.12. The number of nitrogens with one attached hydrogen (secondary N) is 2. The molecule has 1 amide bonds. The topological polar surface area (TPSA) is 93.2 Å². The second kappa shape index (κ2) is 6.70. The minimum absolute atomic E-state index is 0.151. The Bertz CT molecular complexity index is 780. The molecule has 1 aromatic heterocycles. The van der Waals surface area contributed by atoms with E-state index >= 15 is 0 Å². The third-order valence-corrected chi connectivity index (χ3v) is 2.89. The molecule has 0 bridgehead atoms. The molecular formula is C14H14FN3O4. The van der Waals surface area contributed by atoms with E-state index < -0.39 is 17.2 Å². The molecule has 0 aliphatic rings. The summed E-state index contributed by atoms with van der Waals surface area (Å²) in [4.78, 5) is 37.0. The molecule has 0 saturated heterocycles. The van der Waals surface area contributed by atoms with Gasteiger partial charge >= 0.3 is 5.69 Å². The maximum Gasteiger partial charge on any atom is 0.328 e. The van der Waals surface area contributed by atoms with Crippen molar-refractivity contribution in [1.82, 2.24) is 14.9 Å². The van der Waals surface area contributed by atoms with E-state index in [1.54, 1.807) is 0 Å². The van der Waals surface area contributed by atoms with Crippen molar-refractivity contribution in [2.45, 2.75) is 0 Å². The summed E-state index contributed by atoms with van der Waals surface area (Å²) >= 11 is 0. The van der Waals surface area contributed by atoms with Gasteiger partial charge in [-0.15, -0.1) is 0 Å². The highest BCUT2D eigenvalue weighted by molar-refractivity contribution is 5.93.